The molecule has 0 fully saturated rings. The number of nitriles is 1. The van der Waals surface area contributed by atoms with Gasteiger partial charge in [-0.25, -0.2) is 20.0 Å². The van der Waals surface area contributed by atoms with Crippen molar-refractivity contribution in [3.8, 4) is 11.8 Å². The molecule has 0 saturated heterocycles. The van der Waals surface area contributed by atoms with Gasteiger partial charge in [0, 0.05) is 0 Å². The average Bonchev–Trinajstić information content (AvgIpc) is 3.21. The second-order valence-corrected chi connectivity index (χ2v) is 10.2. The quantitative estimate of drug-likeness (QED) is 0.297. The number of hydrogen-bond donors (Lipinski definition) is 2. The molecule has 0 saturated carbocycles. The molecule has 3 aromatic rings. The van der Waals surface area contributed by atoms with Crippen LogP contribution in [0.15, 0.2) is 36.9 Å². The lowest BCUT2D eigenvalue weighted by atomic mass is 10.1. The predicted octanol–water partition coefficient (Wildman–Crippen LogP) is 3.35. The summed E-state index contributed by atoms with van der Waals surface area (Å²) in [5, 5.41) is 12.4. The molecule has 186 valence electrons. The highest BCUT2D eigenvalue weighted by Crippen LogP contribution is 2.38. The second kappa shape index (κ2) is 11.4. The summed E-state index contributed by atoms with van der Waals surface area (Å²) in [6.07, 6.45) is 2.73. The van der Waals surface area contributed by atoms with E-state index in [2.05, 4.69) is 26.1 Å². The smallest absolute Gasteiger partial charge is 0.326 e. The van der Waals surface area contributed by atoms with Gasteiger partial charge in [0.05, 0.1) is 36.7 Å². The van der Waals surface area contributed by atoms with Crippen molar-refractivity contribution in [2.24, 2.45) is 0 Å². The first-order valence-corrected chi connectivity index (χ1v) is 12.5. The first-order valence-electron chi connectivity index (χ1n) is 11.1. The highest BCUT2D eigenvalue weighted by atomic mass is 31.2. The van der Waals surface area contributed by atoms with Crippen LogP contribution in [0, 0.1) is 11.3 Å². The van der Waals surface area contributed by atoms with Gasteiger partial charge in [-0.05, 0) is 52.8 Å². The van der Waals surface area contributed by atoms with Crippen LogP contribution in [0.1, 0.15) is 40.2 Å². The number of hydrogen-bond acceptors (Lipinski definition) is 10. The molecule has 2 atom stereocenters. The number of nitrogens with one attached hydrogen (secondary N) is 1. The zero-order chi connectivity index (χ0) is 25.6. The van der Waals surface area contributed by atoms with Crippen molar-refractivity contribution in [2.45, 2.75) is 58.9 Å². The van der Waals surface area contributed by atoms with Crippen LogP contribution in [0.4, 0.5) is 5.82 Å². The SMILES string of the molecule is CC(C)OC(=O)C(C)(C)NP(COC(C)Cn1cnc2c(N)ncnc21)Oc1cccc(C#N)c1. The summed E-state index contributed by atoms with van der Waals surface area (Å²) >= 11 is 0. The molecule has 0 bridgehead atoms. The minimum Gasteiger partial charge on any atom is -0.462 e. The predicted molar refractivity (Wildman–Crippen MR) is 132 cm³/mol. The van der Waals surface area contributed by atoms with E-state index < -0.39 is 19.8 Å². The molecule has 35 heavy (non-hydrogen) atoms. The van der Waals surface area contributed by atoms with Crippen molar-refractivity contribution >= 4 is 31.3 Å². The van der Waals surface area contributed by atoms with Crippen LogP contribution in [0.25, 0.3) is 11.2 Å². The molecule has 11 nitrogen and oxygen atoms in total. The zero-order valence-corrected chi connectivity index (χ0v) is 21.3. The Labute approximate surface area is 205 Å². The van der Waals surface area contributed by atoms with Crippen molar-refractivity contribution in [1.82, 2.24) is 24.6 Å². The lowest BCUT2D eigenvalue weighted by Crippen LogP contribution is -2.47. The van der Waals surface area contributed by atoms with Crippen molar-refractivity contribution in [1.29, 1.82) is 5.26 Å². The third-order valence-corrected chi connectivity index (χ3v) is 6.42. The van der Waals surface area contributed by atoms with Crippen molar-refractivity contribution in [2.75, 3.05) is 12.1 Å². The van der Waals surface area contributed by atoms with Crippen LogP contribution < -0.4 is 15.3 Å². The third kappa shape index (κ3) is 7.09. The van der Waals surface area contributed by atoms with E-state index in [9.17, 15) is 10.1 Å². The van der Waals surface area contributed by atoms with Crippen LogP contribution in [-0.2, 0) is 20.8 Å². The summed E-state index contributed by atoms with van der Waals surface area (Å²) in [4.78, 5) is 25.1. The minimum absolute atomic E-state index is 0.176. The summed E-state index contributed by atoms with van der Waals surface area (Å²) < 4.78 is 19.5. The van der Waals surface area contributed by atoms with Crippen LogP contribution in [0.2, 0.25) is 0 Å². The largest absolute Gasteiger partial charge is 0.462 e. The highest BCUT2D eigenvalue weighted by Gasteiger charge is 2.34. The number of benzene rings is 1. The fraction of sp³-hybridized carbons (Fsp3) is 0.435. The van der Waals surface area contributed by atoms with Gasteiger partial charge in [-0.2, -0.15) is 5.26 Å². The summed E-state index contributed by atoms with van der Waals surface area (Å²) in [6, 6.07) is 8.92. The highest BCUT2D eigenvalue weighted by molar-refractivity contribution is 7.50. The number of nitrogens with zero attached hydrogens (tertiary/aromatic N) is 5. The number of nitrogens with two attached hydrogens (primary N) is 1. The number of anilines is 1. The molecular formula is C23H30N7O4P. The number of nitrogen functional groups attached to an aromatic ring is 1. The summed E-state index contributed by atoms with van der Waals surface area (Å²) in [6.45, 7) is 9.44. The Morgan fingerprint density at radius 1 is 1.29 bits per heavy atom. The monoisotopic (exact) mass is 499 g/mol. The van der Waals surface area contributed by atoms with E-state index in [0.29, 0.717) is 34.8 Å². The van der Waals surface area contributed by atoms with Crippen molar-refractivity contribution in [3.63, 3.8) is 0 Å². The standard InChI is InChI=1S/C23H30N7O4P/c1-15(2)33-22(31)23(4,5)29-35(34-18-8-6-7-17(9-18)10-24)14-32-16(3)11-30-13-28-19-20(25)26-12-27-21(19)30/h6-9,12-13,15-16,29H,11,14H2,1-5H3,(H2,25,26,27). The topological polar surface area (TPSA) is 150 Å². The van der Waals surface area contributed by atoms with Crippen LogP contribution in [0.3, 0.4) is 0 Å². The Kier molecular flexibility index (Phi) is 8.57. The van der Waals surface area contributed by atoms with Gasteiger partial charge in [0.15, 0.2) is 19.8 Å². The van der Waals surface area contributed by atoms with E-state index in [1.807, 2.05) is 11.5 Å². The number of imidazole rings is 1. The van der Waals surface area contributed by atoms with Gasteiger partial charge >= 0.3 is 5.97 Å². The van der Waals surface area contributed by atoms with E-state index in [-0.39, 0.29) is 18.6 Å². The maximum absolute atomic E-state index is 12.6. The molecule has 0 amide bonds. The molecule has 2 unspecified atom stereocenters. The third-order valence-electron chi connectivity index (χ3n) is 4.80. The lowest BCUT2D eigenvalue weighted by molar-refractivity contribution is -0.153. The van der Waals surface area contributed by atoms with Crippen molar-refractivity contribution in [3.05, 3.63) is 42.5 Å². The minimum atomic E-state index is -1.49. The number of carbonyl (C=O) groups is 1. The molecule has 0 aliphatic carbocycles. The van der Waals surface area contributed by atoms with E-state index in [0.717, 1.165) is 0 Å². The van der Waals surface area contributed by atoms with E-state index in [1.165, 1.54) is 6.33 Å². The van der Waals surface area contributed by atoms with E-state index >= 15 is 0 Å². The maximum atomic E-state index is 12.6. The average molecular weight is 500 g/mol. The number of ether oxygens (including phenoxy) is 2. The first-order chi connectivity index (χ1) is 16.6. The molecular weight excluding hydrogens is 469 g/mol. The molecule has 3 N–H and O–H groups in total. The second-order valence-electron chi connectivity index (χ2n) is 8.73. The number of rotatable bonds is 11. The number of esters is 1. The Bertz CT molecular complexity index is 1210. The molecule has 0 radical (unpaired) electrons. The molecule has 1 aromatic carbocycles. The summed E-state index contributed by atoms with van der Waals surface area (Å²) in [5.41, 5.74) is 6.47. The number of fused-ring (bicyclic) bond motifs is 1. The molecule has 0 aliphatic heterocycles. The zero-order valence-electron chi connectivity index (χ0n) is 20.4. The fourth-order valence-electron chi connectivity index (χ4n) is 3.11. The van der Waals surface area contributed by atoms with Gasteiger partial charge in [-0.3, -0.25) is 4.79 Å². The Morgan fingerprint density at radius 3 is 2.77 bits per heavy atom. The van der Waals surface area contributed by atoms with Gasteiger partial charge < -0.3 is 24.3 Å². The van der Waals surface area contributed by atoms with Crippen LogP contribution in [-0.4, -0.2) is 49.6 Å². The van der Waals surface area contributed by atoms with E-state index in [1.54, 1.807) is 58.3 Å². The van der Waals surface area contributed by atoms with Gasteiger partial charge in [-0.1, -0.05) is 6.07 Å². The number of carbonyl (C=O) groups excluding carboxylic acids is 1. The number of aromatic nitrogens is 4. The Hall–Kier alpha value is -3.32. The molecule has 2 aromatic heterocycles. The summed E-state index contributed by atoms with van der Waals surface area (Å²) in [5.74, 6) is 0.419. The van der Waals surface area contributed by atoms with Crippen LogP contribution >= 0.6 is 8.30 Å². The van der Waals surface area contributed by atoms with Gasteiger partial charge in [0.2, 0.25) is 0 Å². The molecule has 3 rings (SSSR count). The molecule has 2 heterocycles. The van der Waals surface area contributed by atoms with Gasteiger partial charge in [-0.15, -0.1) is 0 Å². The fourth-order valence-corrected chi connectivity index (χ4v) is 4.74. The van der Waals surface area contributed by atoms with Crippen LogP contribution in [0.5, 0.6) is 5.75 Å². The lowest BCUT2D eigenvalue weighted by Gasteiger charge is -2.30. The Morgan fingerprint density at radius 2 is 2.06 bits per heavy atom. The Balaban J connectivity index is 1.71. The van der Waals surface area contributed by atoms with E-state index in [4.69, 9.17) is 19.7 Å². The normalized spacial score (nSPS) is 13.4. The van der Waals surface area contributed by atoms with Gasteiger partial charge in [0.25, 0.3) is 0 Å². The molecule has 0 spiro atoms. The van der Waals surface area contributed by atoms with Crippen molar-refractivity contribution < 1.29 is 18.8 Å². The maximum Gasteiger partial charge on any atom is 0.326 e. The summed E-state index contributed by atoms with van der Waals surface area (Å²) in [7, 11) is -1.49. The van der Waals surface area contributed by atoms with Gasteiger partial charge in [0.1, 0.15) is 29.5 Å². The molecule has 0 aliphatic rings. The first kappa shape index (κ1) is 26.3. The molecule has 12 heteroatoms.